The Labute approximate surface area is 279 Å². The molecular formula is C34H35Cl2N3O6S. The second-order valence-corrected chi connectivity index (χ2v) is 13.1. The summed E-state index contributed by atoms with van der Waals surface area (Å²) < 4.78 is 40.5. The normalized spacial score (nSPS) is 11.8. The molecule has 1 atom stereocenters. The summed E-state index contributed by atoms with van der Waals surface area (Å²) in [5.74, 6) is -0.514. The van der Waals surface area contributed by atoms with E-state index in [0.29, 0.717) is 16.3 Å². The van der Waals surface area contributed by atoms with Crippen molar-refractivity contribution in [2.45, 2.75) is 30.8 Å². The molecular weight excluding hydrogens is 649 g/mol. The molecule has 4 aromatic rings. The fourth-order valence-corrected chi connectivity index (χ4v) is 6.63. The number of ether oxygens (including phenoxy) is 2. The first-order valence-electron chi connectivity index (χ1n) is 14.3. The fraction of sp³-hybridized carbons (Fsp3) is 0.235. The highest BCUT2D eigenvalue weighted by Crippen LogP contribution is 2.36. The third-order valence-corrected chi connectivity index (χ3v) is 9.91. The van der Waals surface area contributed by atoms with E-state index in [2.05, 4.69) is 5.32 Å². The molecule has 242 valence electrons. The molecule has 4 rings (SSSR count). The third-order valence-electron chi connectivity index (χ3n) is 7.40. The third kappa shape index (κ3) is 8.12. The maximum Gasteiger partial charge on any atom is 0.264 e. The van der Waals surface area contributed by atoms with Gasteiger partial charge in [0, 0.05) is 26.1 Å². The Bertz CT molecular complexity index is 1790. The molecule has 0 unspecified atom stereocenters. The number of aryl methyl sites for hydroxylation is 1. The Morgan fingerprint density at radius 3 is 2.15 bits per heavy atom. The van der Waals surface area contributed by atoms with Gasteiger partial charge in [0.2, 0.25) is 11.8 Å². The van der Waals surface area contributed by atoms with Gasteiger partial charge in [-0.15, -0.1) is 0 Å². The molecule has 0 aromatic heterocycles. The van der Waals surface area contributed by atoms with Crippen molar-refractivity contribution in [3.8, 4) is 11.5 Å². The van der Waals surface area contributed by atoms with Gasteiger partial charge in [-0.25, -0.2) is 8.42 Å². The Morgan fingerprint density at radius 1 is 0.848 bits per heavy atom. The number of amides is 2. The van der Waals surface area contributed by atoms with Gasteiger partial charge in [-0.2, -0.15) is 0 Å². The minimum atomic E-state index is -4.34. The highest BCUT2D eigenvalue weighted by molar-refractivity contribution is 7.92. The molecule has 0 saturated carbocycles. The minimum absolute atomic E-state index is 0.0288. The molecule has 12 heteroatoms. The fourth-order valence-electron chi connectivity index (χ4n) is 4.90. The van der Waals surface area contributed by atoms with Crippen molar-refractivity contribution in [1.29, 1.82) is 0 Å². The standard InChI is InChI=1S/C34H35Cl2N3O6S/c1-23-10-14-27(15-11-23)46(42,43)39(30-20-26(44-3)13-17-32(30)45-4)22-33(40)38(21-25-12-16-28(35)29(36)18-25)31(34(41)37-2)19-24-8-6-5-7-9-24/h5-18,20,31H,19,21-22H2,1-4H3,(H,37,41)/t31-/m0/s1. The Kier molecular flexibility index (Phi) is 11.6. The number of nitrogens with zero attached hydrogens (tertiary/aromatic N) is 2. The van der Waals surface area contributed by atoms with Crippen molar-refractivity contribution in [2.24, 2.45) is 0 Å². The zero-order chi connectivity index (χ0) is 33.4. The second-order valence-electron chi connectivity index (χ2n) is 10.5. The van der Waals surface area contributed by atoms with Crippen molar-refractivity contribution in [2.75, 3.05) is 32.1 Å². The zero-order valence-electron chi connectivity index (χ0n) is 25.9. The van der Waals surface area contributed by atoms with Crippen LogP contribution in [0.4, 0.5) is 5.69 Å². The number of carbonyl (C=O) groups is 2. The smallest absolute Gasteiger partial charge is 0.264 e. The first kappa shape index (κ1) is 34.6. The van der Waals surface area contributed by atoms with Gasteiger partial charge in [-0.3, -0.25) is 13.9 Å². The van der Waals surface area contributed by atoms with Gasteiger partial charge >= 0.3 is 0 Å². The lowest BCUT2D eigenvalue weighted by Crippen LogP contribution is -2.53. The number of carbonyl (C=O) groups excluding carboxylic acids is 2. The molecule has 9 nitrogen and oxygen atoms in total. The van der Waals surface area contributed by atoms with Crippen LogP contribution in [-0.4, -0.2) is 59.0 Å². The summed E-state index contributed by atoms with van der Waals surface area (Å²) in [5.41, 5.74) is 2.35. The lowest BCUT2D eigenvalue weighted by molar-refractivity contribution is -0.139. The average molecular weight is 685 g/mol. The number of rotatable bonds is 13. The van der Waals surface area contributed by atoms with Crippen molar-refractivity contribution in [3.05, 3.63) is 118 Å². The lowest BCUT2D eigenvalue weighted by Gasteiger charge is -2.34. The predicted octanol–water partition coefficient (Wildman–Crippen LogP) is 5.90. The van der Waals surface area contributed by atoms with E-state index in [0.717, 1.165) is 15.4 Å². The van der Waals surface area contributed by atoms with Gasteiger partial charge in [0.25, 0.3) is 10.0 Å². The largest absolute Gasteiger partial charge is 0.497 e. The maximum absolute atomic E-state index is 14.5. The summed E-state index contributed by atoms with van der Waals surface area (Å²) in [7, 11) is -0.00282. The van der Waals surface area contributed by atoms with E-state index in [9.17, 15) is 18.0 Å². The molecule has 2 amide bonds. The van der Waals surface area contributed by atoms with Crippen molar-refractivity contribution in [1.82, 2.24) is 10.2 Å². The second kappa shape index (κ2) is 15.4. The van der Waals surface area contributed by atoms with E-state index in [1.807, 2.05) is 37.3 Å². The molecule has 4 aromatic carbocycles. The topological polar surface area (TPSA) is 105 Å². The van der Waals surface area contributed by atoms with Crippen LogP contribution in [0, 0.1) is 6.92 Å². The number of hydrogen-bond acceptors (Lipinski definition) is 6. The summed E-state index contributed by atoms with van der Waals surface area (Å²) >= 11 is 12.5. The van der Waals surface area contributed by atoms with Crippen LogP contribution in [0.3, 0.4) is 0 Å². The monoisotopic (exact) mass is 683 g/mol. The number of sulfonamides is 1. The minimum Gasteiger partial charge on any atom is -0.497 e. The number of methoxy groups -OCH3 is 2. The molecule has 0 radical (unpaired) electrons. The predicted molar refractivity (Wildman–Crippen MR) is 180 cm³/mol. The molecule has 0 saturated heterocycles. The summed E-state index contributed by atoms with van der Waals surface area (Å²) in [5, 5.41) is 3.26. The number of hydrogen-bond donors (Lipinski definition) is 1. The van der Waals surface area contributed by atoms with E-state index < -0.39 is 34.4 Å². The Balaban J connectivity index is 1.86. The number of benzene rings is 4. The van der Waals surface area contributed by atoms with Crippen LogP contribution in [0.15, 0.2) is 95.9 Å². The van der Waals surface area contributed by atoms with Gasteiger partial charge in [-0.05, 0) is 54.4 Å². The molecule has 46 heavy (non-hydrogen) atoms. The molecule has 0 aliphatic rings. The highest BCUT2D eigenvalue weighted by Gasteiger charge is 2.35. The average Bonchev–Trinajstić information content (AvgIpc) is 3.06. The molecule has 0 aliphatic carbocycles. The van der Waals surface area contributed by atoms with E-state index >= 15 is 0 Å². The van der Waals surface area contributed by atoms with Crippen molar-refractivity contribution >= 4 is 50.7 Å². The Hall–Kier alpha value is -4.25. The number of halogens is 2. The van der Waals surface area contributed by atoms with Crippen LogP contribution in [0.1, 0.15) is 16.7 Å². The zero-order valence-corrected chi connectivity index (χ0v) is 28.2. The number of likely N-dealkylation sites (N-methyl/N-ethyl adjacent to an activating group) is 1. The van der Waals surface area contributed by atoms with Crippen LogP contribution < -0.4 is 19.1 Å². The van der Waals surface area contributed by atoms with E-state index in [1.165, 1.54) is 44.4 Å². The van der Waals surface area contributed by atoms with E-state index in [1.54, 1.807) is 42.5 Å². The summed E-state index contributed by atoms with van der Waals surface area (Å²) in [6.07, 6.45) is 0.167. The van der Waals surface area contributed by atoms with Crippen molar-refractivity contribution < 1.29 is 27.5 Å². The molecule has 0 aliphatic heterocycles. The maximum atomic E-state index is 14.5. The van der Waals surface area contributed by atoms with Crippen LogP contribution in [0.5, 0.6) is 11.5 Å². The van der Waals surface area contributed by atoms with Crippen LogP contribution in [-0.2, 0) is 32.6 Å². The SMILES string of the molecule is CNC(=O)[C@H](Cc1ccccc1)N(Cc1ccc(Cl)c(Cl)c1)C(=O)CN(c1cc(OC)ccc1OC)S(=O)(=O)c1ccc(C)cc1. The number of nitrogens with one attached hydrogen (secondary N) is 1. The summed E-state index contributed by atoms with van der Waals surface area (Å²) in [4.78, 5) is 29.3. The van der Waals surface area contributed by atoms with Gasteiger partial charge in [0.15, 0.2) is 0 Å². The van der Waals surface area contributed by atoms with Gasteiger partial charge < -0.3 is 19.7 Å². The summed E-state index contributed by atoms with van der Waals surface area (Å²) in [6.45, 7) is 1.12. The molecule has 1 N–H and O–H groups in total. The first-order valence-corrected chi connectivity index (χ1v) is 16.5. The molecule has 0 bridgehead atoms. The number of anilines is 1. The van der Waals surface area contributed by atoms with Gasteiger partial charge in [-0.1, -0.05) is 77.3 Å². The Morgan fingerprint density at radius 2 is 1.54 bits per heavy atom. The molecule has 0 fully saturated rings. The molecule has 0 heterocycles. The van der Waals surface area contributed by atoms with Gasteiger partial charge in [0.05, 0.1) is 34.8 Å². The van der Waals surface area contributed by atoms with Crippen molar-refractivity contribution in [3.63, 3.8) is 0 Å². The van der Waals surface area contributed by atoms with Crippen LogP contribution >= 0.6 is 23.2 Å². The summed E-state index contributed by atoms with van der Waals surface area (Å²) in [6, 6.07) is 24.1. The van der Waals surface area contributed by atoms with E-state index in [4.69, 9.17) is 32.7 Å². The van der Waals surface area contributed by atoms with Gasteiger partial charge in [0.1, 0.15) is 24.1 Å². The highest BCUT2D eigenvalue weighted by atomic mass is 35.5. The quantitative estimate of drug-likeness (QED) is 0.188. The lowest BCUT2D eigenvalue weighted by atomic mass is 10.0. The van der Waals surface area contributed by atoms with Crippen LogP contribution in [0.25, 0.3) is 0 Å². The van der Waals surface area contributed by atoms with E-state index in [-0.39, 0.29) is 34.3 Å². The van der Waals surface area contributed by atoms with Crippen LogP contribution in [0.2, 0.25) is 10.0 Å². The molecule has 0 spiro atoms. The first-order chi connectivity index (χ1) is 22.0.